The fraction of sp³-hybridized carbons (Fsp3) is 0.520. The maximum Gasteiger partial charge on any atom is 0.242 e. The van der Waals surface area contributed by atoms with E-state index in [1.54, 1.807) is 4.90 Å². The maximum atomic E-state index is 13.0. The minimum Gasteiger partial charge on any atom is -0.353 e. The molecule has 1 aliphatic rings. The summed E-state index contributed by atoms with van der Waals surface area (Å²) in [5.41, 5.74) is 3.12. The molecule has 0 spiro atoms. The van der Waals surface area contributed by atoms with Gasteiger partial charge >= 0.3 is 0 Å². The minimum absolute atomic E-state index is 0.0229. The van der Waals surface area contributed by atoms with Crippen LogP contribution in [0, 0.1) is 6.92 Å². The lowest BCUT2D eigenvalue weighted by molar-refractivity contribution is -0.142. The molecule has 1 fully saturated rings. The van der Waals surface area contributed by atoms with Crippen molar-refractivity contribution in [2.75, 3.05) is 37.6 Å². The number of anilines is 1. The second-order valence-electron chi connectivity index (χ2n) is 8.50. The Morgan fingerprint density at radius 2 is 1.75 bits per heavy atom. The molecule has 1 aromatic heterocycles. The van der Waals surface area contributed by atoms with Gasteiger partial charge in [-0.15, -0.1) is 10.2 Å². The lowest BCUT2D eigenvalue weighted by atomic mass is 10.1. The molecule has 2 aromatic rings. The predicted molar refractivity (Wildman–Crippen MR) is 127 cm³/mol. The van der Waals surface area contributed by atoms with E-state index in [-0.39, 0.29) is 24.4 Å². The number of aryl methyl sites for hydroxylation is 1. The van der Waals surface area contributed by atoms with Gasteiger partial charge in [0, 0.05) is 44.2 Å². The Balaban J connectivity index is 1.61. The van der Waals surface area contributed by atoms with Crippen LogP contribution in [0.3, 0.4) is 0 Å². The molecule has 2 heterocycles. The molecule has 2 amide bonds. The molecule has 0 bridgehead atoms. The standard InChI is InChI=1S/C25H35N5O2/c1-5-20(4)30(24(31)6-2)18-25(32)29-15-7-14-28(16-17-29)23-13-12-22(26-27-23)21-10-8-19(3)9-11-21/h8-13,20H,5-7,14-18H2,1-4H3/t20-/m1/s1. The van der Waals surface area contributed by atoms with Crippen molar-refractivity contribution >= 4 is 17.6 Å². The zero-order valence-corrected chi connectivity index (χ0v) is 19.8. The SMILES string of the molecule is CCC(=O)N(CC(=O)N1CCCN(c2ccc(-c3ccc(C)cc3)nn2)CC1)[C@H](C)CC. The predicted octanol–water partition coefficient (Wildman–Crippen LogP) is 3.53. The first-order valence-electron chi connectivity index (χ1n) is 11.7. The van der Waals surface area contributed by atoms with E-state index in [1.165, 1.54) is 5.56 Å². The summed E-state index contributed by atoms with van der Waals surface area (Å²) >= 11 is 0. The summed E-state index contributed by atoms with van der Waals surface area (Å²) in [6.07, 6.45) is 2.12. The Labute approximate surface area is 191 Å². The number of nitrogens with zero attached hydrogens (tertiary/aromatic N) is 5. The summed E-state index contributed by atoms with van der Waals surface area (Å²) in [7, 11) is 0. The topological polar surface area (TPSA) is 69.6 Å². The van der Waals surface area contributed by atoms with E-state index in [9.17, 15) is 9.59 Å². The molecule has 3 rings (SSSR count). The van der Waals surface area contributed by atoms with Crippen LogP contribution in [0.15, 0.2) is 36.4 Å². The summed E-state index contributed by atoms with van der Waals surface area (Å²) in [6.45, 7) is 11.0. The Hall–Kier alpha value is -2.96. The quantitative estimate of drug-likeness (QED) is 0.663. The van der Waals surface area contributed by atoms with Gasteiger partial charge in [0.25, 0.3) is 0 Å². The van der Waals surface area contributed by atoms with Crippen molar-refractivity contribution in [2.45, 2.75) is 53.0 Å². The fourth-order valence-corrected chi connectivity index (χ4v) is 3.93. The second-order valence-corrected chi connectivity index (χ2v) is 8.50. The van der Waals surface area contributed by atoms with E-state index < -0.39 is 0 Å². The maximum absolute atomic E-state index is 13.0. The Morgan fingerprint density at radius 3 is 2.38 bits per heavy atom. The average Bonchev–Trinajstić information content (AvgIpc) is 3.08. The normalized spacial score (nSPS) is 15.2. The smallest absolute Gasteiger partial charge is 0.242 e. The zero-order chi connectivity index (χ0) is 23.1. The third kappa shape index (κ3) is 5.84. The number of carbonyl (C=O) groups excluding carboxylic acids is 2. The first-order valence-corrected chi connectivity index (χ1v) is 11.7. The van der Waals surface area contributed by atoms with Crippen LogP contribution >= 0.6 is 0 Å². The van der Waals surface area contributed by atoms with E-state index in [2.05, 4.69) is 46.3 Å². The summed E-state index contributed by atoms with van der Waals surface area (Å²) in [6, 6.07) is 12.3. The highest BCUT2D eigenvalue weighted by molar-refractivity contribution is 5.85. The molecule has 1 aliphatic heterocycles. The van der Waals surface area contributed by atoms with Crippen molar-refractivity contribution < 1.29 is 9.59 Å². The summed E-state index contributed by atoms with van der Waals surface area (Å²) in [5.74, 6) is 0.889. The van der Waals surface area contributed by atoms with E-state index in [0.29, 0.717) is 26.1 Å². The number of hydrogen-bond acceptors (Lipinski definition) is 5. The number of rotatable bonds is 7. The lowest BCUT2D eigenvalue weighted by Crippen LogP contribution is -2.47. The van der Waals surface area contributed by atoms with Gasteiger partial charge in [-0.1, -0.05) is 43.7 Å². The van der Waals surface area contributed by atoms with Gasteiger partial charge in [-0.2, -0.15) is 0 Å². The van der Waals surface area contributed by atoms with Crippen molar-refractivity contribution in [1.82, 2.24) is 20.0 Å². The van der Waals surface area contributed by atoms with Gasteiger partial charge in [-0.3, -0.25) is 9.59 Å². The molecule has 0 saturated carbocycles. The van der Waals surface area contributed by atoms with Gasteiger partial charge in [0.15, 0.2) is 5.82 Å². The molecular weight excluding hydrogens is 402 g/mol. The molecule has 1 atom stereocenters. The molecule has 32 heavy (non-hydrogen) atoms. The Bertz CT molecular complexity index is 898. The van der Waals surface area contributed by atoms with Crippen molar-refractivity contribution in [3.63, 3.8) is 0 Å². The van der Waals surface area contributed by atoms with E-state index >= 15 is 0 Å². The summed E-state index contributed by atoms with van der Waals surface area (Å²) in [5, 5.41) is 8.87. The Kier molecular flexibility index (Phi) is 8.20. The molecule has 0 N–H and O–H groups in total. The van der Waals surface area contributed by atoms with Crippen LogP contribution in [0.2, 0.25) is 0 Å². The van der Waals surface area contributed by atoms with Crippen molar-refractivity contribution in [3.8, 4) is 11.3 Å². The van der Waals surface area contributed by atoms with Crippen LogP contribution in [0.1, 0.15) is 45.6 Å². The van der Waals surface area contributed by atoms with Gasteiger partial charge in [0.05, 0.1) is 12.2 Å². The van der Waals surface area contributed by atoms with E-state index in [4.69, 9.17) is 0 Å². The molecule has 172 valence electrons. The van der Waals surface area contributed by atoms with Gasteiger partial charge < -0.3 is 14.7 Å². The molecule has 1 saturated heterocycles. The zero-order valence-electron chi connectivity index (χ0n) is 19.8. The van der Waals surface area contributed by atoms with Crippen LogP contribution < -0.4 is 4.90 Å². The molecule has 0 radical (unpaired) electrons. The molecule has 7 heteroatoms. The summed E-state index contributed by atoms with van der Waals surface area (Å²) in [4.78, 5) is 31.1. The minimum atomic E-state index is 0.0229. The van der Waals surface area contributed by atoms with Gasteiger partial charge in [0.2, 0.25) is 11.8 Å². The number of carbonyl (C=O) groups is 2. The van der Waals surface area contributed by atoms with Crippen LogP contribution in [0.25, 0.3) is 11.3 Å². The van der Waals surface area contributed by atoms with Crippen molar-refractivity contribution in [1.29, 1.82) is 0 Å². The van der Waals surface area contributed by atoms with Crippen molar-refractivity contribution in [2.24, 2.45) is 0 Å². The Morgan fingerprint density at radius 1 is 1.00 bits per heavy atom. The van der Waals surface area contributed by atoms with Gasteiger partial charge in [-0.05, 0) is 38.8 Å². The third-order valence-electron chi connectivity index (χ3n) is 6.22. The molecule has 7 nitrogen and oxygen atoms in total. The van der Waals surface area contributed by atoms with Crippen LogP contribution in [0.4, 0.5) is 5.82 Å². The summed E-state index contributed by atoms with van der Waals surface area (Å²) < 4.78 is 0. The van der Waals surface area contributed by atoms with E-state index in [0.717, 1.165) is 36.5 Å². The largest absolute Gasteiger partial charge is 0.353 e. The highest BCUT2D eigenvalue weighted by atomic mass is 16.2. The van der Waals surface area contributed by atoms with Gasteiger partial charge in [-0.25, -0.2) is 0 Å². The number of aromatic nitrogens is 2. The molecule has 0 aliphatic carbocycles. The number of amides is 2. The first-order chi connectivity index (χ1) is 15.4. The highest BCUT2D eigenvalue weighted by Crippen LogP contribution is 2.20. The number of hydrogen-bond donors (Lipinski definition) is 0. The molecular formula is C25H35N5O2. The fourth-order valence-electron chi connectivity index (χ4n) is 3.93. The highest BCUT2D eigenvalue weighted by Gasteiger charge is 2.25. The molecule has 0 unspecified atom stereocenters. The van der Waals surface area contributed by atoms with E-state index in [1.807, 2.05) is 37.8 Å². The van der Waals surface area contributed by atoms with Crippen LogP contribution in [-0.4, -0.2) is 70.6 Å². The first kappa shape index (κ1) is 23.7. The second kappa shape index (κ2) is 11.1. The van der Waals surface area contributed by atoms with Gasteiger partial charge in [0.1, 0.15) is 0 Å². The van der Waals surface area contributed by atoms with Crippen LogP contribution in [-0.2, 0) is 9.59 Å². The number of benzene rings is 1. The third-order valence-corrected chi connectivity index (χ3v) is 6.22. The average molecular weight is 438 g/mol. The van der Waals surface area contributed by atoms with Crippen LogP contribution in [0.5, 0.6) is 0 Å². The van der Waals surface area contributed by atoms with Crippen molar-refractivity contribution in [3.05, 3.63) is 42.0 Å². The monoisotopic (exact) mass is 437 g/mol. The lowest BCUT2D eigenvalue weighted by Gasteiger charge is -2.30. The molecule has 1 aromatic carbocycles.